The lowest BCUT2D eigenvalue weighted by Gasteiger charge is -2.50. The normalized spacial score (nSPS) is 21.3. The number of esters is 1. The van der Waals surface area contributed by atoms with Crippen LogP contribution < -0.4 is 0 Å². The maximum absolute atomic E-state index is 11.9. The second-order valence-corrected chi connectivity index (χ2v) is 7.11. The van der Waals surface area contributed by atoms with E-state index in [4.69, 9.17) is 18.9 Å². The third-order valence-electron chi connectivity index (χ3n) is 3.92. The van der Waals surface area contributed by atoms with Gasteiger partial charge in [0.25, 0.3) is 0 Å². The van der Waals surface area contributed by atoms with E-state index in [9.17, 15) is 10.0 Å². The molecule has 0 atom stereocenters. The molecule has 0 aromatic rings. The van der Waals surface area contributed by atoms with Crippen molar-refractivity contribution in [3.63, 3.8) is 0 Å². The molecule has 1 saturated heterocycles. The number of carbonyl (C=O) groups is 1. The first-order valence-electron chi connectivity index (χ1n) is 8.02. The molecule has 0 amide bonds. The molecule has 136 valence electrons. The molecule has 0 saturated carbocycles. The summed E-state index contributed by atoms with van der Waals surface area (Å²) in [5, 5.41) is 11.6. The van der Waals surface area contributed by atoms with E-state index in [0.717, 1.165) is 0 Å². The van der Waals surface area contributed by atoms with Crippen molar-refractivity contribution in [2.75, 3.05) is 40.1 Å². The van der Waals surface area contributed by atoms with Crippen LogP contribution in [0.3, 0.4) is 0 Å². The lowest BCUT2D eigenvalue weighted by Crippen LogP contribution is -2.60. The zero-order valence-corrected chi connectivity index (χ0v) is 15.0. The molecule has 0 radical (unpaired) electrons. The van der Waals surface area contributed by atoms with Gasteiger partial charge in [0.15, 0.2) is 0 Å². The Hall–Kier alpha value is -0.730. The standard InChI is InChI=1S/C16H31NO6/c1-15(2)10-13(11-16(3,4)17(15)19)23-14(18)12-22-9-8-21-7-6-20-5/h13,19H,6-12H2,1-5H3. The van der Waals surface area contributed by atoms with Gasteiger partial charge in [0.2, 0.25) is 0 Å². The van der Waals surface area contributed by atoms with Crippen LogP contribution in [0.2, 0.25) is 0 Å². The molecule has 1 rings (SSSR count). The maximum Gasteiger partial charge on any atom is 0.332 e. The van der Waals surface area contributed by atoms with Crippen LogP contribution in [-0.2, 0) is 23.7 Å². The Morgan fingerprint density at radius 2 is 1.57 bits per heavy atom. The van der Waals surface area contributed by atoms with Gasteiger partial charge in [0.1, 0.15) is 12.7 Å². The molecule has 1 aliphatic heterocycles. The van der Waals surface area contributed by atoms with Crippen LogP contribution in [0.4, 0.5) is 0 Å². The van der Waals surface area contributed by atoms with E-state index in [0.29, 0.717) is 39.3 Å². The molecule has 0 aromatic heterocycles. The van der Waals surface area contributed by atoms with Crippen molar-refractivity contribution in [3.05, 3.63) is 0 Å². The summed E-state index contributed by atoms with van der Waals surface area (Å²) in [4.78, 5) is 11.9. The minimum Gasteiger partial charge on any atom is -0.461 e. The largest absolute Gasteiger partial charge is 0.461 e. The molecule has 0 spiro atoms. The van der Waals surface area contributed by atoms with Crippen LogP contribution in [0.5, 0.6) is 0 Å². The summed E-state index contributed by atoms with van der Waals surface area (Å²) < 4.78 is 20.8. The number of carbonyl (C=O) groups excluding carboxylic acids is 1. The van der Waals surface area contributed by atoms with Crippen molar-refractivity contribution in [1.82, 2.24) is 5.06 Å². The van der Waals surface area contributed by atoms with Gasteiger partial charge in [-0.2, -0.15) is 5.06 Å². The minimum absolute atomic E-state index is 0.0895. The Balaban J connectivity index is 2.26. The number of hydroxylamine groups is 2. The quantitative estimate of drug-likeness (QED) is 0.507. The molecular weight excluding hydrogens is 302 g/mol. The van der Waals surface area contributed by atoms with Crippen LogP contribution in [0, 0.1) is 0 Å². The molecule has 1 N–H and O–H groups in total. The Labute approximate surface area is 138 Å². The number of methoxy groups -OCH3 is 1. The van der Waals surface area contributed by atoms with Gasteiger partial charge in [-0.15, -0.1) is 0 Å². The van der Waals surface area contributed by atoms with Gasteiger partial charge in [0, 0.05) is 31.0 Å². The molecular formula is C16H31NO6. The fraction of sp³-hybridized carbons (Fsp3) is 0.938. The molecule has 7 heteroatoms. The van der Waals surface area contributed by atoms with Crippen molar-refractivity contribution in [2.45, 2.75) is 57.7 Å². The van der Waals surface area contributed by atoms with Gasteiger partial charge < -0.3 is 24.2 Å². The van der Waals surface area contributed by atoms with E-state index < -0.39 is 11.1 Å². The van der Waals surface area contributed by atoms with E-state index in [2.05, 4.69) is 0 Å². The molecule has 1 aliphatic rings. The number of piperidine rings is 1. The van der Waals surface area contributed by atoms with Crippen molar-refractivity contribution in [2.24, 2.45) is 0 Å². The van der Waals surface area contributed by atoms with E-state index in [1.165, 1.54) is 5.06 Å². The Morgan fingerprint density at radius 1 is 1.04 bits per heavy atom. The van der Waals surface area contributed by atoms with Crippen molar-refractivity contribution >= 4 is 5.97 Å². The summed E-state index contributed by atoms with van der Waals surface area (Å²) >= 11 is 0. The SMILES string of the molecule is COCCOCCOCC(=O)OC1CC(C)(C)N(O)C(C)(C)C1. The number of nitrogens with zero attached hydrogens (tertiary/aromatic N) is 1. The average Bonchev–Trinajstić information content (AvgIpc) is 2.43. The van der Waals surface area contributed by atoms with Gasteiger partial charge in [0.05, 0.1) is 26.4 Å². The van der Waals surface area contributed by atoms with E-state index in [1.807, 2.05) is 27.7 Å². The predicted molar refractivity (Wildman–Crippen MR) is 84.4 cm³/mol. The minimum atomic E-state index is -0.442. The fourth-order valence-corrected chi connectivity index (χ4v) is 3.00. The van der Waals surface area contributed by atoms with E-state index in [-0.39, 0.29) is 18.7 Å². The zero-order chi connectivity index (χ0) is 17.5. The van der Waals surface area contributed by atoms with Crippen molar-refractivity contribution in [3.8, 4) is 0 Å². The summed E-state index contributed by atoms with van der Waals surface area (Å²) in [5.41, 5.74) is -0.883. The van der Waals surface area contributed by atoms with Crippen molar-refractivity contribution < 1.29 is 28.9 Å². The predicted octanol–water partition coefficient (Wildman–Crippen LogP) is 1.62. The first-order chi connectivity index (χ1) is 10.7. The monoisotopic (exact) mass is 333 g/mol. The smallest absolute Gasteiger partial charge is 0.332 e. The zero-order valence-electron chi connectivity index (χ0n) is 15.0. The van der Waals surface area contributed by atoms with Gasteiger partial charge in [-0.25, -0.2) is 4.79 Å². The third kappa shape index (κ3) is 6.73. The highest BCUT2D eigenvalue weighted by Gasteiger charge is 2.46. The molecule has 23 heavy (non-hydrogen) atoms. The molecule has 0 bridgehead atoms. The van der Waals surface area contributed by atoms with Gasteiger partial charge in [-0.3, -0.25) is 0 Å². The Kier molecular flexibility index (Phi) is 7.89. The number of ether oxygens (including phenoxy) is 4. The lowest BCUT2D eigenvalue weighted by atomic mass is 9.80. The molecule has 0 unspecified atom stereocenters. The van der Waals surface area contributed by atoms with Gasteiger partial charge in [-0.1, -0.05) is 0 Å². The van der Waals surface area contributed by atoms with E-state index in [1.54, 1.807) is 7.11 Å². The first kappa shape index (κ1) is 20.3. The molecule has 1 heterocycles. The Bertz CT molecular complexity index is 354. The summed E-state index contributed by atoms with van der Waals surface area (Å²) in [6, 6.07) is 0. The second-order valence-electron chi connectivity index (χ2n) is 7.11. The molecule has 7 nitrogen and oxygen atoms in total. The highest BCUT2D eigenvalue weighted by Crippen LogP contribution is 2.37. The van der Waals surface area contributed by atoms with Gasteiger partial charge >= 0.3 is 5.97 Å². The van der Waals surface area contributed by atoms with Gasteiger partial charge in [-0.05, 0) is 27.7 Å². The third-order valence-corrected chi connectivity index (χ3v) is 3.92. The summed E-state index contributed by atoms with van der Waals surface area (Å²) in [5.74, 6) is -0.384. The number of rotatable bonds is 9. The maximum atomic E-state index is 11.9. The number of hydrogen-bond acceptors (Lipinski definition) is 7. The summed E-state index contributed by atoms with van der Waals surface area (Å²) in [7, 11) is 1.61. The van der Waals surface area contributed by atoms with Crippen molar-refractivity contribution in [1.29, 1.82) is 0 Å². The molecule has 0 aromatic carbocycles. The van der Waals surface area contributed by atoms with Crippen LogP contribution in [0.1, 0.15) is 40.5 Å². The van der Waals surface area contributed by atoms with Crippen LogP contribution in [0.15, 0.2) is 0 Å². The summed E-state index contributed by atoms with van der Waals surface area (Å²) in [6.07, 6.45) is 0.940. The topological polar surface area (TPSA) is 77.5 Å². The van der Waals surface area contributed by atoms with E-state index >= 15 is 0 Å². The fourth-order valence-electron chi connectivity index (χ4n) is 3.00. The number of hydrogen-bond donors (Lipinski definition) is 1. The first-order valence-corrected chi connectivity index (χ1v) is 8.02. The van der Waals surface area contributed by atoms with Crippen LogP contribution >= 0.6 is 0 Å². The summed E-state index contributed by atoms with van der Waals surface area (Å²) in [6.45, 7) is 9.44. The highest BCUT2D eigenvalue weighted by atomic mass is 16.6. The molecule has 1 fully saturated rings. The van der Waals surface area contributed by atoms with Crippen LogP contribution in [0.25, 0.3) is 0 Å². The highest BCUT2D eigenvalue weighted by molar-refractivity contribution is 5.70. The average molecular weight is 333 g/mol. The molecule has 0 aliphatic carbocycles. The Morgan fingerprint density at radius 3 is 2.13 bits per heavy atom. The lowest BCUT2D eigenvalue weighted by molar-refractivity contribution is -0.259. The van der Waals surface area contributed by atoms with Crippen LogP contribution in [-0.4, -0.2) is 73.6 Å². The second kappa shape index (κ2) is 8.94.